The maximum absolute atomic E-state index is 14.0. The van der Waals surface area contributed by atoms with Gasteiger partial charge in [-0.05, 0) is 47.4 Å². The second-order valence-electron chi connectivity index (χ2n) is 7.64. The first-order chi connectivity index (χ1) is 15.4. The Bertz CT molecular complexity index is 1100. The van der Waals surface area contributed by atoms with Crippen molar-refractivity contribution < 1.29 is 32.9 Å². The lowest BCUT2D eigenvalue weighted by atomic mass is 9.78. The summed E-state index contributed by atoms with van der Waals surface area (Å²) in [6.45, 7) is 1.36. The molecule has 33 heavy (non-hydrogen) atoms. The zero-order valence-corrected chi connectivity index (χ0v) is 18.8. The summed E-state index contributed by atoms with van der Waals surface area (Å²) >= 11 is 12.0. The van der Waals surface area contributed by atoms with Crippen molar-refractivity contribution >= 4 is 29.2 Å². The van der Waals surface area contributed by atoms with Gasteiger partial charge in [-0.3, -0.25) is 4.79 Å². The van der Waals surface area contributed by atoms with E-state index in [2.05, 4.69) is 4.98 Å². The molecule has 1 heterocycles. The van der Waals surface area contributed by atoms with Crippen LogP contribution in [0.3, 0.4) is 0 Å². The third-order valence-corrected chi connectivity index (χ3v) is 6.10. The Morgan fingerprint density at radius 2 is 2.00 bits per heavy atom. The smallest absolute Gasteiger partial charge is 0.422 e. The highest BCUT2D eigenvalue weighted by Crippen LogP contribution is 2.50. The molecule has 0 saturated heterocycles. The molecule has 3 rings (SSSR count). The molecule has 3 atom stereocenters. The summed E-state index contributed by atoms with van der Waals surface area (Å²) in [5.74, 6) is -2.65. The molecule has 2 N–H and O–H groups in total. The van der Waals surface area contributed by atoms with Crippen molar-refractivity contribution in [3.05, 3.63) is 81.6 Å². The summed E-state index contributed by atoms with van der Waals surface area (Å²) < 4.78 is 47.8. The highest BCUT2D eigenvalue weighted by molar-refractivity contribution is 6.31. The molecule has 0 radical (unpaired) electrons. The lowest BCUT2D eigenvalue weighted by Crippen LogP contribution is -2.46. The van der Waals surface area contributed by atoms with E-state index in [1.54, 1.807) is 18.2 Å². The van der Waals surface area contributed by atoms with E-state index in [-0.39, 0.29) is 22.3 Å². The maximum atomic E-state index is 14.0. The molecule has 1 aromatic carbocycles. The lowest BCUT2D eigenvalue weighted by Gasteiger charge is -2.37. The van der Waals surface area contributed by atoms with Crippen LogP contribution in [0.5, 0.6) is 5.75 Å². The van der Waals surface area contributed by atoms with Gasteiger partial charge in [0.05, 0.1) is 5.92 Å². The minimum Gasteiger partial charge on any atom is -0.489 e. The van der Waals surface area contributed by atoms with Gasteiger partial charge in [0.2, 0.25) is 0 Å². The SMILES string of the molecule is C[C@H](c1ccc(OCC2=CCC(C(=O)O)C=C2)cc1Cl)[C@@](O)(c1ccnc(Cl)c1)C(F)(F)F. The number of hydrogen-bond acceptors (Lipinski definition) is 4. The summed E-state index contributed by atoms with van der Waals surface area (Å²) in [6, 6.07) is 6.23. The zero-order valence-electron chi connectivity index (χ0n) is 17.3. The fourth-order valence-corrected chi connectivity index (χ4v) is 4.10. The van der Waals surface area contributed by atoms with Crippen LogP contribution in [-0.2, 0) is 10.4 Å². The number of halogens is 5. The monoisotopic (exact) mass is 501 g/mol. The van der Waals surface area contributed by atoms with Crippen molar-refractivity contribution in [3.8, 4) is 5.75 Å². The van der Waals surface area contributed by atoms with Crippen molar-refractivity contribution in [2.24, 2.45) is 5.92 Å². The average Bonchev–Trinajstić information content (AvgIpc) is 2.76. The first-order valence-electron chi connectivity index (χ1n) is 9.87. The second-order valence-corrected chi connectivity index (χ2v) is 8.44. The van der Waals surface area contributed by atoms with E-state index in [1.165, 1.54) is 25.1 Å². The Hall–Kier alpha value is -2.55. The first kappa shape index (κ1) is 25.1. The van der Waals surface area contributed by atoms with Crippen LogP contribution in [0, 0.1) is 5.92 Å². The van der Waals surface area contributed by atoms with E-state index in [1.807, 2.05) is 0 Å². The van der Waals surface area contributed by atoms with E-state index in [9.17, 15) is 23.1 Å². The molecular weight excluding hydrogens is 482 g/mol. The fourth-order valence-electron chi connectivity index (χ4n) is 3.59. The van der Waals surface area contributed by atoms with Gasteiger partial charge in [-0.25, -0.2) is 4.98 Å². The highest BCUT2D eigenvalue weighted by Gasteiger charge is 2.59. The Balaban J connectivity index is 1.81. The zero-order chi connectivity index (χ0) is 24.4. The van der Waals surface area contributed by atoms with E-state index in [0.717, 1.165) is 23.9 Å². The van der Waals surface area contributed by atoms with Gasteiger partial charge in [-0.15, -0.1) is 0 Å². The van der Waals surface area contributed by atoms with E-state index < -0.39 is 35.1 Å². The molecular formula is C23H20Cl2F3NO4. The number of carboxylic acids is 1. The van der Waals surface area contributed by atoms with Gasteiger partial charge in [0.15, 0.2) is 5.60 Å². The number of pyridine rings is 1. The minimum atomic E-state index is -5.02. The molecule has 0 spiro atoms. The van der Waals surface area contributed by atoms with Crippen LogP contribution >= 0.6 is 23.2 Å². The molecule has 10 heteroatoms. The van der Waals surface area contributed by atoms with Crippen LogP contribution in [-0.4, -0.2) is 33.9 Å². The third-order valence-electron chi connectivity index (χ3n) is 5.56. The summed E-state index contributed by atoms with van der Waals surface area (Å²) in [6.07, 6.45) is 1.39. The Labute approximate surface area is 198 Å². The average molecular weight is 502 g/mol. The maximum Gasteiger partial charge on any atom is 0.422 e. The number of nitrogens with zero attached hydrogens (tertiary/aromatic N) is 1. The number of carbonyl (C=O) groups is 1. The first-order valence-corrected chi connectivity index (χ1v) is 10.6. The van der Waals surface area contributed by atoms with Gasteiger partial charge in [0.1, 0.15) is 17.5 Å². The van der Waals surface area contributed by atoms with Crippen LogP contribution in [0.4, 0.5) is 13.2 Å². The van der Waals surface area contributed by atoms with Crippen molar-refractivity contribution in [3.63, 3.8) is 0 Å². The molecule has 1 aliphatic carbocycles. The molecule has 0 aliphatic heterocycles. The van der Waals surface area contributed by atoms with Gasteiger partial charge in [0.25, 0.3) is 0 Å². The van der Waals surface area contributed by atoms with E-state index in [0.29, 0.717) is 12.2 Å². The van der Waals surface area contributed by atoms with Gasteiger partial charge in [-0.2, -0.15) is 13.2 Å². The Kier molecular flexibility index (Phi) is 7.41. The summed E-state index contributed by atoms with van der Waals surface area (Å²) in [7, 11) is 0. The Morgan fingerprint density at radius 3 is 2.55 bits per heavy atom. The summed E-state index contributed by atoms with van der Waals surface area (Å²) in [4.78, 5) is 14.7. The van der Waals surface area contributed by atoms with Crippen molar-refractivity contribution in [1.82, 2.24) is 4.98 Å². The topological polar surface area (TPSA) is 79.7 Å². The molecule has 0 bridgehead atoms. The van der Waals surface area contributed by atoms with Gasteiger partial charge in [-0.1, -0.05) is 54.4 Å². The Morgan fingerprint density at radius 1 is 1.27 bits per heavy atom. The van der Waals surface area contributed by atoms with E-state index in [4.69, 9.17) is 33.0 Å². The number of rotatable bonds is 7. The molecule has 1 aliphatic rings. The highest BCUT2D eigenvalue weighted by atomic mass is 35.5. The summed E-state index contributed by atoms with van der Waals surface area (Å²) in [5.41, 5.74) is -2.88. The number of aromatic nitrogens is 1. The van der Waals surface area contributed by atoms with Crippen molar-refractivity contribution in [2.45, 2.75) is 31.0 Å². The number of aliphatic carboxylic acids is 1. The standard InChI is InChI=1S/C23H20Cl2F3NO4/c1-13(22(32,23(26,27)28)16-8-9-29-20(25)10-16)18-7-6-17(11-19(18)24)33-12-14-2-4-15(5-3-14)21(30)31/h2-4,6-11,13,15,32H,5,12H2,1H3,(H,30,31)/t13-,15?,22-/m1/s1. The molecule has 1 unspecified atom stereocenters. The minimum absolute atomic E-state index is 0.0121. The molecule has 0 fully saturated rings. The number of benzene rings is 1. The largest absolute Gasteiger partial charge is 0.489 e. The number of aliphatic hydroxyl groups is 1. The van der Waals surface area contributed by atoms with Crippen molar-refractivity contribution in [1.29, 1.82) is 0 Å². The predicted octanol–water partition coefficient (Wildman–Crippen LogP) is 5.91. The molecule has 0 amide bonds. The van der Waals surface area contributed by atoms with Gasteiger partial charge < -0.3 is 14.9 Å². The molecule has 2 aromatic rings. The van der Waals surface area contributed by atoms with Crippen LogP contribution in [0.2, 0.25) is 10.2 Å². The fraction of sp³-hybridized carbons (Fsp3) is 0.304. The number of ether oxygens (including phenoxy) is 1. The molecule has 1 aromatic heterocycles. The van der Waals surface area contributed by atoms with E-state index >= 15 is 0 Å². The number of carboxylic acid groups (broad SMARTS) is 1. The normalized spacial score (nSPS) is 18.9. The number of hydrogen-bond donors (Lipinski definition) is 2. The molecule has 5 nitrogen and oxygen atoms in total. The van der Waals surface area contributed by atoms with Crippen molar-refractivity contribution in [2.75, 3.05) is 6.61 Å². The quantitative estimate of drug-likeness (QED) is 0.461. The van der Waals surface area contributed by atoms with Gasteiger partial charge >= 0.3 is 12.1 Å². The third kappa shape index (κ3) is 5.34. The van der Waals surface area contributed by atoms with Crippen LogP contribution < -0.4 is 4.74 Å². The molecule has 0 saturated carbocycles. The van der Waals surface area contributed by atoms with Gasteiger partial charge in [0, 0.05) is 17.1 Å². The predicted molar refractivity (Wildman–Crippen MR) is 118 cm³/mol. The van der Waals surface area contributed by atoms with Crippen LogP contribution in [0.1, 0.15) is 30.4 Å². The molecule has 176 valence electrons. The lowest BCUT2D eigenvalue weighted by molar-refractivity contribution is -0.274. The number of allylic oxidation sites excluding steroid dienone is 1. The van der Waals surface area contributed by atoms with Crippen LogP contribution in [0.25, 0.3) is 0 Å². The van der Waals surface area contributed by atoms with Crippen LogP contribution in [0.15, 0.2) is 60.3 Å². The number of alkyl halides is 3. The summed E-state index contributed by atoms with van der Waals surface area (Å²) in [5, 5.41) is 19.6. The second kappa shape index (κ2) is 9.75.